The van der Waals surface area contributed by atoms with E-state index in [4.69, 9.17) is 14.7 Å². The van der Waals surface area contributed by atoms with Crippen LogP contribution in [0.5, 0.6) is 0 Å². The van der Waals surface area contributed by atoms with Crippen LogP contribution in [0, 0.1) is 0 Å². The minimum Gasteiger partial charge on any atom is -0.693 e. The van der Waals surface area contributed by atoms with Gasteiger partial charge in [-0.2, -0.15) is 0 Å². The van der Waals surface area contributed by atoms with Gasteiger partial charge in [0.2, 0.25) is 0 Å². The zero-order valence-electron chi connectivity index (χ0n) is 5.37. The quantitative estimate of drug-likeness (QED) is 0.361. The van der Waals surface area contributed by atoms with Crippen molar-refractivity contribution in [3.05, 3.63) is 18.5 Å². The average Bonchev–Trinajstić information content (AvgIpc) is 1.41. The van der Waals surface area contributed by atoms with Gasteiger partial charge in [-0.3, -0.25) is 11.6 Å². The molecule has 0 amide bonds. The number of carbonyl (C=O) groups is 1. The molecule has 0 aliphatic rings. The van der Waals surface area contributed by atoms with Crippen molar-refractivity contribution in [2.75, 3.05) is 0 Å². The van der Waals surface area contributed by atoms with Gasteiger partial charge in [-0.05, 0) is 0 Å². The second kappa shape index (κ2) is 75.3. The van der Waals surface area contributed by atoms with E-state index in [0.29, 0.717) is 0 Å². The molecular formula is C3H11CuN3O3-4. The maximum Gasteiger partial charge on any atom is 0.300 e. The van der Waals surface area contributed by atoms with E-state index in [2.05, 4.69) is 6.79 Å². The number of hydrogen-bond acceptors (Lipinski definition) is 2. The molecule has 0 atom stereocenters. The molecule has 0 saturated heterocycles. The van der Waals surface area contributed by atoms with Gasteiger partial charge in [0.25, 0.3) is 5.97 Å². The van der Waals surface area contributed by atoms with Crippen LogP contribution in [0.3, 0.4) is 0 Å². The van der Waals surface area contributed by atoms with Gasteiger partial charge in [0.15, 0.2) is 0 Å². The molecule has 71 valence electrons. The Bertz CT molecular complexity index is 50.3. The molecule has 0 aromatic heterocycles. The smallest absolute Gasteiger partial charge is 0.300 e. The first-order valence-corrected chi connectivity index (χ1v) is 1.16. The summed E-state index contributed by atoms with van der Waals surface area (Å²) in [7, 11) is 0. The molecule has 1 radical (unpaired) electrons. The summed E-state index contributed by atoms with van der Waals surface area (Å²) in [6.45, 7) is 4.33. The molecule has 0 fully saturated rings. The van der Waals surface area contributed by atoms with Gasteiger partial charge in [-0.1, -0.05) is 0 Å². The summed E-state index contributed by atoms with van der Waals surface area (Å²) in [6, 6.07) is 0. The second-order valence-electron chi connectivity index (χ2n) is 0.519. The van der Waals surface area contributed by atoms with Gasteiger partial charge in [-0.15, -0.1) is 0 Å². The average molecular weight is 201 g/mol. The maximum atomic E-state index is 9.00. The van der Waals surface area contributed by atoms with E-state index in [1.807, 2.05) is 0 Å². The molecule has 10 heavy (non-hydrogen) atoms. The van der Waals surface area contributed by atoms with Crippen LogP contribution >= 0.6 is 0 Å². The third-order valence-electron chi connectivity index (χ3n) is 0. The van der Waals surface area contributed by atoms with Crippen molar-refractivity contribution in [3.8, 4) is 0 Å². The standard InChI is InChI=1S/C2H4O2.CHO.Cu.3H2N/c1-2(3)4;1-2;;;;/h1H3,(H,3,4);1H;;3*1H2/q;-1;;3*-1. The van der Waals surface area contributed by atoms with Crippen molar-refractivity contribution in [2.45, 2.75) is 6.92 Å². The molecule has 0 aromatic carbocycles. The SMILES string of the molecule is CC(=O)O.[CH-]=O.[Cu].[NH2-].[NH2-].[NH2-]. The Labute approximate surface area is 70.6 Å². The Balaban J connectivity index is -0.00000000625. The van der Waals surface area contributed by atoms with Crippen LogP contribution in [0.15, 0.2) is 0 Å². The first-order valence-electron chi connectivity index (χ1n) is 1.16. The summed E-state index contributed by atoms with van der Waals surface area (Å²) in [4.78, 5) is 16.8. The predicted octanol–water partition coefficient (Wildman–Crippen LogP) is 1.97. The summed E-state index contributed by atoms with van der Waals surface area (Å²) in [5.74, 6) is -0.833. The van der Waals surface area contributed by atoms with E-state index in [-0.39, 0.29) is 35.5 Å². The number of carbonyl (C=O) groups excluding carboxylic acids is 1. The van der Waals surface area contributed by atoms with E-state index in [0.717, 1.165) is 6.92 Å². The summed E-state index contributed by atoms with van der Waals surface area (Å²) in [5, 5.41) is 7.42. The third kappa shape index (κ3) is 1520. The third-order valence-corrected chi connectivity index (χ3v) is 0. The van der Waals surface area contributed by atoms with Gasteiger partial charge in [0.05, 0.1) is 0 Å². The van der Waals surface area contributed by atoms with Gasteiger partial charge in [0, 0.05) is 24.0 Å². The largest absolute Gasteiger partial charge is 0.693 e. The van der Waals surface area contributed by atoms with Crippen molar-refractivity contribution >= 4 is 12.8 Å². The van der Waals surface area contributed by atoms with Crippen LogP contribution < -0.4 is 0 Å². The summed E-state index contributed by atoms with van der Waals surface area (Å²) < 4.78 is 0. The summed E-state index contributed by atoms with van der Waals surface area (Å²) in [5.41, 5.74) is 0. The molecule has 6 nitrogen and oxygen atoms in total. The van der Waals surface area contributed by atoms with E-state index >= 15 is 0 Å². The van der Waals surface area contributed by atoms with Gasteiger partial charge in [0.1, 0.15) is 0 Å². The maximum absolute atomic E-state index is 9.00. The van der Waals surface area contributed by atoms with Crippen LogP contribution in [0.2, 0.25) is 0 Å². The zero-order valence-corrected chi connectivity index (χ0v) is 6.32. The molecule has 7 heteroatoms. The second-order valence-corrected chi connectivity index (χ2v) is 0.519. The fraction of sp³-hybridized carbons (Fsp3) is 0.333. The Morgan fingerprint density at radius 3 is 1.20 bits per heavy atom. The topological polar surface area (TPSA) is 155 Å². The van der Waals surface area contributed by atoms with Crippen LogP contribution in [-0.2, 0) is 26.7 Å². The molecule has 0 aromatic rings. The Hall–Kier alpha value is -0.461. The molecule has 0 rings (SSSR count). The molecule has 0 unspecified atom stereocenters. The van der Waals surface area contributed by atoms with Crippen LogP contribution in [0.25, 0.3) is 18.5 Å². The molecule has 7 N–H and O–H groups in total. The number of carboxylic acid groups (broad SMARTS) is 1. The Kier molecular flexibility index (Phi) is 418. The summed E-state index contributed by atoms with van der Waals surface area (Å²) >= 11 is 0. The van der Waals surface area contributed by atoms with Crippen LogP contribution in [0.4, 0.5) is 0 Å². The minimum atomic E-state index is -0.833. The Morgan fingerprint density at radius 1 is 1.20 bits per heavy atom. The van der Waals surface area contributed by atoms with Crippen LogP contribution in [-0.4, -0.2) is 17.9 Å². The normalized spacial score (nSPS) is 2.90. The van der Waals surface area contributed by atoms with E-state index < -0.39 is 5.97 Å². The number of carboxylic acids is 1. The Morgan fingerprint density at radius 2 is 1.20 bits per heavy atom. The molecule has 0 saturated carbocycles. The van der Waals surface area contributed by atoms with Gasteiger partial charge >= 0.3 is 0 Å². The van der Waals surface area contributed by atoms with Crippen molar-refractivity contribution in [3.63, 3.8) is 0 Å². The van der Waals surface area contributed by atoms with Crippen molar-refractivity contribution in [1.29, 1.82) is 0 Å². The molecule has 0 aliphatic carbocycles. The number of rotatable bonds is 0. The fourth-order valence-corrected chi connectivity index (χ4v) is 0. The van der Waals surface area contributed by atoms with Crippen LogP contribution in [0.1, 0.15) is 6.92 Å². The molecule has 0 spiro atoms. The first-order chi connectivity index (χ1) is 2.73. The first kappa shape index (κ1) is 55.5. The molecule has 0 bridgehead atoms. The molecule has 0 aliphatic heterocycles. The van der Waals surface area contributed by atoms with Gasteiger partial charge < -0.3 is 28.4 Å². The molecule has 0 heterocycles. The van der Waals surface area contributed by atoms with Crippen molar-refractivity contribution in [2.24, 2.45) is 0 Å². The van der Waals surface area contributed by atoms with Crippen molar-refractivity contribution in [1.82, 2.24) is 0 Å². The summed E-state index contributed by atoms with van der Waals surface area (Å²) in [6.07, 6.45) is 0. The number of aliphatic carboxylic acids is 1. The van der Waals surface area contributed by atoms with E-state index in [1.54, 1.807) is 0 Å². The minimum absolute atomic E-state index is 0. The number of hydrogen-bond donors (Lipinski definition) is 1. The number of nitrogens with two attached hydrogens (primary N) is 3. The molecular weight excluding hydrogens is 190 g/mol. The monoisotopic (exact) mass is 200 g/mol. The van der Waals surface area contributed by atoms with Crippen molar-refractivity contribution < 1.29 is 31.8 Å². The van der Waals surface area contributed by atoms with E-state index in [9.17, 15) is 0 Å². The van der Waals surface area contributed by atoms with Gasteiger partial charge in [-0.25, -0.2) is 0 Å². The van der Waals surface area contributed by atoms with E-state index in [1.165, 1.54) is 0 Å². The zero-order chi connectivity index (χ0) is 5.58. The fourth-order valence-electron chi connectivity index (χ4n) is 0. The predicted molar refractivity (Wildman–Crippen MR) is 35.9 cm³/mol.